The Hall–Kier alpha value is -2.82. The normalized spacial score (nSPS) is 19.7. The molecule has 158 valence electrons. The van der Waals surface area contributed by atoms with E-state index in [1.165, 1.54) is 5.56 Å². The van der Waals surface area contributed by atoms with Crippen LogP contribution in [0.1, 0.15) is 53.1 Å². The molecule has 0 saturated carbocycles. The lowest BCUT2D eigenvalue weighted by Crippen LogP contribution is -2.41. The summed E-state index contributed by atoms with van der Waals surface area (Å²) in [5.74, 6) is 1.98. The first-order chi connectivity index (χ1) is 14.6. The molecule has 1 aliphatic carbocycles. The number of hydrogen-bond donors (Lipinski definition) is 0. The highest BCUT2D eigenvalue weighted by molar-refractivity contribution is 6.00. The lowest BCUT2D eigenvalue weighted by Gasteiger charge is -2.34. The molecule has 0 bridgehead atoms. The summed E-state index contributed by atoms with van der Waals surface area (Å²) in [5.41, 5.74) is 3.06. The number of ether oxygens (including phenoxy) is 2. The van der Waals surface area contributed by atoms with Crippen molar-refractivity contribution >= 4 is 11.7 Å². The van der Waals surface area contributed by atoms with Crippen LogP contribution in [0, 0.1) is 5.92 Å². The summed E-state index contributed by atoms with van der Waals surface area (Å²) < 4.78 is 10.8. The Kier molecular flexibility index (Phi) is 6.07. The number of ketones is 1. The molecule has 2 aromatic carbocycles. The van der Waals surface area contributed by atoms with Crippen LogP contribution in [0.3, 0.4) is 0 Å². The maximum atomic E-state index is 13.2. The second-order valence-electron chi connectivity index (χ2n) is 8.27. The van der Waals surface area contributed by atoms with Crippen LogP contribution in [-0.4, -0.2) is 43.9 Å². The van der Waals surface area contributed by atoms with Crippen LogP contribution in [0.5, 0.6) is 11.5 Å². The van der Waals surface area contributed by atoms with Crippen molar-refractivity contribution in [2.24, 2.45) is 5.92 Å². The minimum absolute atomic E-state index is 0.0970. The summed E-state index contributed by atoms with van der Waals surface area (Å²) in [5, 5.41) is 0. The van der Waals surface area contributed by atoms with E-state index in [1.54, 1.807) is 14.2 Å². The van der Waals surface area contributed by atoms with Crippen molar-refractivity contribution in [2.75, 3.05) is 27.3 Å². The van der Waals surface area contributed by atoms with Gasteiger partial charge in [0.1, 0.15) is 11.5 Å². The Bertz CT molecular complexity index is 908. The number of hydrogen-bond acceptors (Lipinski definition) is 4. The van der Waals surface area contributed by atoms with Gasteiger partial charge < -0.3 is 14.4 Å². The number of fused-ring (bicyclic) bond motifs is 1. The van der Waals surface area contributed by atoms with Crippen LogP contribution in [0.2, 0.25) is 0 Å². The number of rotatable bonds is 4. The lowest BCUT2D eigenvalue weighted by atomic mass is 9.88. The monoisotopic (exact) mass is 407 g/mol. The highest BCUT2D eigenvalue weighted by atomic mass is 16.5. The van der Waals surface area contributed by atoms with Gasteiger partial charge in [-0.05, 0) is 54.9 Å². The minimum atomic E-state index is -0.210. The molecule has 0 aromatic heterocycles. The quantitative estimate of drug-likeness (QED) is 0.711. The second kappa shape index (κ2) is 8.90. The smallest absolute Gasteiger partial charge is 0.226 e. The molecule has 0 radical (unpaired) electrons. The second-order valence-corrected chi connectivity index (χ2v) is 8.27. The fourth-order valence-corrected chi connectivity index (χ4v) is 4.74. The van der Waals surface area contributed by atoms with Crippen LogP contribution in [0.25, 0.3) is 0 Å². The summed E-state index contributed by atoms with van der Waals surface area (Å²) in [4.78, 5) is 27.8. The van der Waals surface area contributed by atoms with Crippen LogP contribution in [-0.2, 0) is 11.2 Å². The van der Waals surface area contributed by atoms with Crippen molar-refractivity contribution in [3.63, 3.8) is 0 Å². The van der Waals surface area contributed by atoms with E-state index in [4.69, 9.17) is 9.47 Å². The van der Waals surface area contributed by atoms with Crippen molar-refractivity contribution in [3.8, 4) is 11.5 Å². The first-order valence-electron chi connectivity index (χ1n) is 10.7. The van der Waals surface area contributed by atoms with Crippen molar-refractivity contribution in [1.29, 1.82) is 0 Å². The summed E-state index contributed by atoms with van der Waals surface area (Å²) in [6, 6.07) is 13.8. The minimum Gasteiger partial charge on any atom is -0.497 e. The van der Waals surface area contributed by atoms with E-state index in [1.807, 2.05) is 35.2 Å². The molecule has 1 heterocycles. The van der Waals surface area contributed by atoms with E-state index in [2.05, 4.69) is 12.1 Å². The number of likely N-dealkylation sites (tertiary alicyclic amines) is 1. The molecule has 1 saturated heterocycles. The molecule has 30 heavy (non-hydrogen) atoms. The highest BCUT2D eigenvalue weighted by Crippen LogP contribution is 2.34. The van der Waals surface area contributed by atoms with Gasteiger partial charge in [0.25, 0.3) is 0 Å². The predicted octanol–water partition coefficient (Wildman–Crippen LogP) is 4.25. The first-order valence-corrected chi connectivity index (χ1v) is 10.7. The van der Waals surface area contributed by atoms with Gasteiger partial charge in [-0.1, -0.05) is 24.3 Å². The largest absolute Gasteiger partial charge is 0.497 e. The fourth-order valence-electron chi connectivity index (χ4n) is 4.74. The van der Waals surface area contributed by atoms with E-state index >= 15 is 0 Å². The van der Waals surface area contributed by atoms with Gasteiger partial charge in [0.2, 0.25) is 5.91 Å². The molecule has 1 unspecified atom stereocenters. The molecule has 2 aromatic rings. The van der Waals surface area contributed by atoms with E-state index in [0.717, 1.165) is 61.4 Å². The number of Topliss-reactive ketones (excluding diaryl/α,β-unsaturated/α-hetero) is 1. The Morgan fingerprint density at radius 2 is 1.63 bits per heavy atom. The Morgan fingerprint density at radius 3 is 2.30 bits per heavy atom. The van der Waals surface area contributed by atoms with E-state index in [9.17, 15) is 9.59 Å². The molecular formula is C25H29NO4. The van der Waals surface area contributed by atoms with Gasteiger partial charge in [0.15, 0.2) is 5.78 Å². The zero-order valence-electron chi connectivity index (χ0n) is 17.7. The van der Waals surface area contributed by atoms with Crippen molar-refractivity contribution in [2.45, 2.75) is 38.0 Å². The number of nitrogens with zero attached hydrogens (tertiary/aromatic N) is 1. The van der Waals surface area contributed by atoms with Crippen LogP contribution < -0.4 is 9.47 Å². The average molecular weight is 408 g/mol. The number of benzene rings is 2. The first kappa shape index (κ1) is 20.5. The summed E-state index contributed by atoms with van der Waals surface area (Å²) in [6.07, 6.45) is 3.67. The van der Waals surface area contributed by atoms with Crippen molar-refractivity contribution in [3.05, 3.63) is 59.2 Å². The van der Waals surface area contributed by atoms with E-state index in [-0.39, 0.29) is 17.6 Å². The van der Waals surface area contributed by atoms with Crippen LogP contribution in [0.4, 0.5) is 0 Å². The number of carbonyl (C=O) groups is 2. The number of piperidine rings is 1. The summed E-state index contributed by atoms with van der Waals surface area (Å²) in [7, 11) is 3.32. The molecular weight excluding hydrogens is 378 g/mol. The van der Waals surface area contributed by atoms with E-state index in [0.29, 0.717) is 12.3 Å². The van der Waals surface area contributed by atoms with Crippen molar-refractivity contribution in [1.82, 2.24) is 4.90 Å². The molecule has 1 atom stereocenters. The number of aryl methyl sites for hydroxylation is 1. The average Bonchev–Trinajstić information content (AvgIpc) is 2.97. The zero-order chi connectivity index (χ0) is 21.1. The lowest BCUT2D eigenvalue weighted by molar-refractivity contribution is -0.136. The molecule has 2 aliphatic rings. The third-order valence-corrected chi connectivity index (χ3v) is 6.51. The Balaban J connectivity index is 1.40. The molecule has 4 rings (SSSR count). The zero-order valence-corrected chi connectivity index (χ0v) is 17.7. The molecule has 1 aliphatic heterocycles. The standard InChI is InChI=1S/C25H29NO4/c1-29-21-13-20(14-22(16-21)30-2)17-9-11-26(12-10-17)25(28)19-8-7-18-5-3-4-6-23(18)24(27)15-19/h3-6,13-14,16-17,19H,7-12,15H2,1-2H3. The van der Waals surface area contributed by atoms with Gasteiger partial charge in [0.05, 0.1) is 14.2 Å². The Labute approximate surface area is 178 Å². The van der Waals surface area contributed by atoms with Gasteiger partial charge >= 0.3 is 0 Å². The van der Waals surface area contributed by atoms with Crippen molar-refractivity contribution < 1.29 is 19.1 Å². The molecule has 0 N–H and O–H groups in total. The Morgan fingerprint density at radius 1 is 0.967 bits per heavy atom. The van der Waals surface area contributed by atoms with Gasteiger partial charge in [-0.2, -0.15) is 0 Å². The molecule has 1 amide bonds. The fraction of sp³-hybridized carbons (Fsp3) is 0.440. The molecule has 5 nitrogen and oxygen atoms in total. The number of methoxy groups -OCH3 is 2. The maximum Gasteiger partial charge on any atom is 0.226 e. The van der Waals surface area contributed by atoms with Gasteiger partial charge in [-0.15, -0.1) is 0 Å². The third-order valence-electron chi connectivity index (χ3n) is 6.51. The van der Waals surface area contributed by atoms with Gasteiger partial charge in [-0.3, -0.25) is 9.59 Å². The van der Waals surface area contributed by atoms with Gasteiger partial charge in [-0.25, -0.2) is 0 Å². The highest BCUT2D eigenvalue weighted by Gasteiger charge is 2.32. The topological polar surface area (TPSA) is 55.8 Å². The SMILES string of the molecule is COc1cc(OC)cc(C2CCN(C(=O)C3CCc4ccccc4C(=O)C3)CC2)c1. The molecule has 1 fully saturated rings. The predicted molar refractivity (Wildman–Crippen MR) is 115 cm³/mol. The summed E-state index contributed by atoms with van der Waals surface area (Å²) in [6.45, 7) is 1.45. The number of carbonyl (C=O) groups excluding carboxylic acids is 2. The van der Waals surface area contributed by atoms with Crippen LogP contribution >= 0.6 is 0 Å². The molecule has 5 heteroatoms. The summed E-state index contributed by atoms with van der Waals surface area (Å²) >= 11 is 0. The maximum absolute atomic E-state index is 13.2. The molecule has 0 spiro atoms. The number of amides is 1. The third kappa shape index (κ3) is 4.20. The van der Waals surface area contributed by atoms with Crippen LogP contribution in [0.15, 0.2) is 42.5 Å². The van der Waals surface area contributed by atoms with Gasteiger partial charge in [0, 0.05) is 37.1 Å². The van der Waals surface area contributed by atoms with E-state index < -0.39 is 0 Å².